The summed E-state index contributed by atoms with van der Waals surface area (Å²) in [4.78, 5) is 43.9. The van der Waals surface area contributed by atoms with Crippen LogP contribution in [0.2, 0.25) is 0 Å². The Labute approximate surface area is 197 Å². The maximum atomic E-state index is 10.7. The number of nitrogens with zero attached hydrogens (tertiary/aromatic N) is 2. The van der Waals surface area contributed by atoms with E-state index in [-0.39, 0.29) is 7.43 Å². The molecular weight excluding hydrogens is 467 g/mol. The molecule has 2 rings (SSSR count). The van der Waals surface area contributed by atoms with Gasteiger partial charge in [0.1, 0.15) is 0 Å². The van der Waals surface area contributed by atoms with Crippen LogP contribution in [-0.2, 0) is 9.59 Å². The fraction of sp³-hybridized carbons (Fsp3) is 0.238. The number of hydrogen-bond donors (Lipinski definition) is 1. The van der Waals surface area contributed by atoms with E-state index in [0.29, 0.717) is 11.1 Å². The van der Waals surface area contributed by atoms with Gasteiger partial charge < -0.3 is 14.9 Å². The van der Waals surface area contributed by atoms with E-state index in [1.54, 1.807) is 36.4 Å². The summed E-state index contributed by atoms with van der Waals surface area (Å²) in [5.74, 6) is -0.889. The van der Waals surface area contributed by atoms with E-state index in [1.165, 1.54) is 0 Å². The van der Waals surface area contributed by atoms with Gasteiger partial charge in [-0.3, -0.25) is 14.4 Å². The van der Waals surface area contributed by atoms with Crippen molar-refractivity contribution in [3.8, 4) is 0 Å². The van der Waals surface area contributed by atoms with Crippen molar-refractivity contribution in [1.29, 1.82) is 0 Å². The number of halogens is 3. The molecule has 0 unspecified atom stereocenters. The van der Waals surface area contributed by atoms with Crippen molar-refractivity contribution in [2.75, 3.05) is 38.0 Å². The Kier molecular flexibility index (Phi) is 15.0. The number of aromatic carboxylic acids is 1. The predicted molar refractivity (Wildman–Crippen MR) is 127 cm³/mol. The smallest absolute Gasteiger partial charge is 0.335 e. The molecule has 0 radical (unpaired) electrons. The lowest BCUT2D eigenvalue weighted by molar-refractivity contribution is -0.127. The first-order valence-corrected chi connectivity index (χ1v) is 9.37. The van der Waals surface area contributed by atoms with Crippen LogP contribution in [0.4, 0.5) is 11.4 Å². The summed E-state index contributed by atoms with van der Waals surface area (Å²) in [6.07, 6.45) is 0. The van der Waals surface area contributed by atoms with Crippen LogP contribution in [0.15, 0.2) is 48.5 Å². The first kappa shape index (κ1) is 30.6. The van der Waals surface area contributed by atoms with Crippen molar-refractivity contribution >= 4 is 67.9 Å². The lowest BCUT2D eigenvalue weighted by Crippen LogP contribution is -2.08. The largest absolute Gasteiger partial charge is 0.478 e. The molecule has 0 bridgehead atoms. The van der Waals surface area contributed by atoms with Gasteiger partial charge in [0, 0.05) is 45.1 Å². The van der Waals surface area contributed by atoms with Crippen molar-refractivity contribution in [2.45, 2.75) is 7.43 Å². The molecule has 170 valence electrons. The molecule has 0 atom stereocenters. The third-order valence-electron chi connectivity index (χ3n) is 3.40. The molecule has 1 N–H and O–H groups in total. The zero-order valence-corrected chi connectivity index (χ0v) is 19.0. The number of carbonyl (C=O) groups is 4. The zero-order valence-electron chi connectivity index (χ0n) is 16.7. The van der Waals surface area contributed by atoms with Crippen LogP contribution in [0.25, 0.3) is 0 Å². The molecule has 2 aromatic rings. The van der Waals surface area contributed by atoms with Gasteiger partial charge in [-0.25, -0.2) is 4.79 Å². The number of hydrogen-bond acceptors (Lipinski definition) is 6. The Morgan fingerprint density at radius 2 is 0.935 bits per heavy atom. The number of carboxylic acids is 1. The molecule has 0 spiro atoms. The Morgan fingerprint density at radius 3 is 1.13 bits per heavy atom. The fourth-order valence-corrected chi connectivity index (χ4v) is 1.92. The number of benzene rings is 2. The predicted octanol–water partition coefficient (Wildman–Crippen LogP) is 4.74. The fourth-order valence-electron chi connectivity index (χ4n) is 1.79. The van der Waals surface area contributed by atoms with Crippen LogP contribution in [0.3, 0.4) is 0 Å². The van der Waals surface area contributed by atoms with E-state index in [2.05, 4.69) is 23.2 Å². The van der Waals surface area contributed by atoms with Crippen molar-refractivity contribution < 1.29 is 24.3 Å². The maximum absolute atomic E-state index is 10.7. The minimum Gasteiger partial charge on any atom is -0.478 e. The van der Waals surface area contributed by atoms with Crippen LogP contribution >= 0.6 is 34.8 Å². The summed E-state index contributed by atoms with van der Waals surface area (Å²) in [7, 11) is 7.71. The molecule has 10 heteroatoms. The first-order valence-electron chi connectivity index (χ1n) is 8.24. The Balaban J connectivity index is 0. The van der Waals surface area contributed by atoms with E-state index < -0.39 is 21.7 Å². The molecular formula is C21H25Cl3N2O5. The lowest BCUT2D eigenvalue weighted by atomic mass is 10.2. The molecule has 0 saturated carbocycles. The van der Waals surface area contributed by atoms with Gasteiger partial charge in [-0.2, -0.15) is 0 Å². The molecule has 0 heterocycles. The monoisotopic (exact) mass is 490 g/mol. The van der Waals surface area contributed by atoms with Crippen molar-refractivity contribution in [3.63, 3.8) is 0 Å². The van der Waals surface area contributed by atoms with Gasteiger partial charge >= 0.3 is 16.5 Å². The highest BCUT2D eigenvalue weighted by atomic mass is 35.5. The highest BCUT2D eigenvalue weighted by Crippen LogP contribution is 2.13. The normalized spacial score (nSPS) is 8.87. The average molecular weight is 492 g/mol. The summed E-state index contributed by atoms with van der Waals surface area (Å²) in [6.45, 7) is 0. The van der Waals surface area contributed by atoms with Gasteiger partial charge in [0.25, 0.3) is 5.24 Å². The van der Waals surface area contributed by atoms with E-state index >= 15 is 0 Å². The van der Waals surface area contributed by atoms with E-state index in [1.807, 2.05) is 50.1 Å². The van der Waals surface area contributed by atoms with E-state index in [4.69, 9.17) is 16.7 Å². The van der Waals surface area contributed by atoms with Gasteiger partial charge in [0.2, 0.25) is 0 Å². The maximum Gasteiger partial charge on any atom is 0.335 e. The molecule has 7 nitrogen and oxygen atoms in total. The molecule has 0 aromatic heterocycles. The number of rotatable bonds is 5. The third-order valence-corrected chi connectivity index (χ3v) is 4.05. The molecule has 0 amide bonds. The van der Waals surface area contributed by atoms with Crippen molar-refractivity contribution in [3.05, 3.63) is 59.7 Å². The molecule has 0 aliphatic rings. The second kappa shape index (κ2) is 15.2. The molecule has 0 saturated heterocycles. The summed E-state index contributed by atoms with van der Waals surface area (Å²) < 4.78 is 0. The second-order valence-electron chi connectivity index (χ2n) is 6.01. The van der Waals surface area contributed by atoms with Crippen molar-refractivity contribution in [2.24, 2.45) is 0 Å². The summed E-state index contributed by atoms with van der Waals surface area (Å²) in [6, 6.07) is 13.9. The minimum absolute atomic E-state index is 0. The molecule has 0 fully saturated rings. The highest BCUT2D eigenvalue weighted by Gasteiger charge is 2.03. The molecule has 0 aliphatic carbocycles. The van der Waals surface area contributed by atoms with Gasteiger partial charge in [-0.05, 0) is 83.3 Å². The quantitative estimate of drug-likeness (QED) is 0.477. The van der Waals surface area contributed by atoms with Crippen LogP contribution in [-0.4, -0.2) is 55.0 Å². The lowest BCUT2D eigenvalue weighted by Gasteiger charge is -2.11. The number of anilines is 2. The van der Waals surface area contributed by atoms with Gasteiger partial charge in [-0.1, -0.05) is 7.43 Å². The summed E-state index contributed by atoms with van der Waals surface area (Å²) >= 11 is 14.3. The topological polar surface area (TPSA) is 95.0 Å². The highest BCUT2D eigenvalue weighted by molar-refractivity contribution is 6.97. The summed E-state index contributed by atoms with van der Waals surface area (Å²) in [5.41, 5.74) is 2.90. The van der Waals surface area contributed by atoms with Crippen LogP contribution in [0, 0.1) is 0 Å². The average Bonchev–Trinajstić information content (AvgIpc) is 2.68. The van der Waals surface area contributed by atoms with Crippen LogP contribution in [0.5, 0.6) is 0 Å². The molecule has 31 heavy (non-hydrogen) atoms. The number of carbonyl (C=O) groups excluding carboxylic acids is 3. The summed E-state index contributed by atoms with van der Waals surface area (Å²) in [5, 5.41) is 5.90. The Hall–Kier alpha value is -2.61. The molecule has 2 aromatic carbocycles. The zero-order chi connectivity index (χ0) is 23.4. The van der Waals surface area contributed by atoms with Crippen LogP contribution in [0.1, 0.15) is 28.1 Å². The van der Waals surface area contributed by atoms with Gasteiger partial charge in [-0.15, -0.1) is 0 Å². The van der Waals surface area contributed by atoms with E-state index in [0.717, 1.165) is 11.4 Å². The second-order valence-corrected chi connectivity index (χ2v) is 7.04. The SMILES string of the molecule is C.CN(C)c1ccc(C(=O)Cl)cc1.CN(C)c1ccc(C(=O)O)cc1.O=C(Cl)C(=O)Cl. The minimum atomic E-state index is -1.14. The van der Waals surface area contributed by atoms with Crippen LogP contribution < -0.4 is 9.80 Å². The first-order chi connectivity index (χ1) is 13.9. The Morgan fingerprint density at radius 1 is 0.645 bits per heavy atom. The number of carboxylic acid groups (broad SMARTS) is 1. The molecule has 0 aliphatic heterocycles. The van der Waals surface area contributed by atoms with Crippen molar-refractivity contribution in [1.82, 2.24) is 0 Å². The Bertz CT molecular complexity index is 794. The third kappa shape index (κ3) is 12.6. The van der Waals surface area contributed by atoms with E-state index in [9.17, 15) is 19.2 Å². The standard InChI is InChI=1S/C9H10ClNO.C9H11NO2.C2Cl2O2.CH4/c1-11(2)8-5-3-7(4-6-8)9(10)12;1-10(2)8-5-3-7(4-6-8)9(11)12;3-1(5)2(4)6;/h3-6H,1-2H3;3-6H,1-2H3,(H,11,12);;1H4. The van der Waals surface area contributed by atoms with Gasteiger partial charge in [0.15, 0.2) is 0 Å². The van der Waals surface area contributed by atoms with Gasteiger partial charge in [0.05, 0.1) is 5.56 Å².